The molecule has 0 aliphatic rings. The van der Waals surface area contributed by atoms with Crippen LogP contribution >= 0.6 is 22.6 Å². The molecule has 1 N–H and O–H groups in total. The summed E-state index contributed by atoms with van der Waals surface area (Å²) in [6.07, 6.45) is 3.61. The van der Waals surface area contributed by atoms with Crippen molar-refractivity contribution >= 4 is 28.6 Å². The van der Waals surface area contributed by atoms with E-state index in [1.807, 2.05) is 26.8 Å². The number of aromatic hydroxyl groups is 1. The highest BCUT2D eigenvalue weighted by Crippen LogP contribution is 2.39. The van der Waals surface area contributed by atoms with E-state index in [4.69, 9.17) is 4.74 Å². The first-order chi connectivity index (χ1) is 10.3. The van der Waals surface area contributed by atoms with Crippen molar-refractivity contribution < 1.29 is 19.4 Å². The fourth-order valence-corrected chi connectivity index (χ4v) is 2.95. The molecule has 0 fully saturated rings. The quantitative estimate of drug-likeness (QED) is 0.430. The minimum atomic E-state index is -0.214. The first-order valence-corrected chi connectivity index (χ1v) is 8.18. The maximum atomic E-state index is 11.2. The van der Waals surface area contributed by atoms with Crippen LogP contribution in [0.2, 0.25) is 0 Å². The molecule has 0 unspecified atom stereocenters. The molecule has 0 atom stereocenters. The third kappa shape index (κ3) is 4.38. The van der Waals surface area contributed by atoms with Crippen LogP contribution in [0.4, 0.5) is 0 Å². The number of halogens is 1. The number of carbonyl (C=O) groups is 1. The minimum Gasteiger partial charge on any atom is -0.506 e. The topological polar surface area (TPSA) is 55.8 Å². The fourth-order valence-electron chi connectivity index (χ4n) is 2.22. The fraction of sp³-hybridized carbons (Fsp3) is 0.471. The van der Waals surface area contributed by atoms with Crippen molar-refractivity contribution in [1.82, 2.24) is 0 Å². The number of phenols is 1. The smallest absolute Gasteiger partial charge is 0.305 e. The van der Waals surface area contributed by atoms with Gasteiger partial charge in [-0.05, 0) is 67.3 Å². The third-order valence-corrected chi connectivity index (χ3v) is 5.13. The molecular formula is C17H23IO4. The largest absolute Gasteiger partial charge is 0.506 e. The van der Waals surface area contributed by atoms with E-state index >= 15 is 0 Å². The Kier molecular flexibility index (Phi) is 7.19. The lowest BCUT2D eigenvalue weighted by Gasteiger charge is -2.17. The van der Waals surface area contributed by atoms with Gasteiger partial charge in [0.1, 0.15) is 11.5 Å². The molecule has 0 aliphatic carbocycles. The van der Waals surface area contributed by atoms with Crippen molar-refractivity contribution in [2.75, 3.05) is 14.2 Å². The predicted octanol–water partition coefficient (Wildman–Crippen LogP) is 4.06. The lowest BCUT2D eigenvalue weighted by atomic mass is 9.99. The molecule has 0 amide bonds. The first-order valence-electron chi connectivity index (χ1n) is 7.10. The molecule has 1 aromatic rings. The van der Waals surface area contributed by atoms with Crippen LogP contribution in [-0.4, -0.2) is 25.3 Å². The Bertz CT molecular complexity index is 591. The zero-order chi connectivity index (χ0) is 16.9. The number of phenolic OH excluding ortho intramolecular Hbond substituents is 1. The van der Waals surface area contributed by atoms with Crippen molar-refractivity contribution in [3.63, 3.8) is 0 Å². The monoisotopic (exact) mass is 418 g/mol. The Balaban J connectivity index is 3.00. The summed E-state index contributed by atoms with van der Waals surface area (Å²) in [5.41, 5.74) is 3.94. The normalized spacial score (nSPS) is 11.5. The molecule has 0 heterocycles. The Morgan fingerprint density at radius 3 is 2.41 bits per heavy atom. The second-order valence-electron chi connectivity index (χ2n) is 5.26. The number of rotatable bonds is 6. The summed E-state index contributed by atoms with van der Waals surface area (Å²) in [5.74, 6) is 0.791. The first kappa shape index (κ1) is 18.8. The molecule has 1 aromatic carbocycles. The van der Waals surface area contributed by atoms with Crippen LogP contribution in [-0.2, 0) is 16.0 Å². The van der Waals surface area contributed by atoms with Gasteiger partial charge in [-0.1, -0.05) is 11.6 Å². The molecule has 0 saturated carbocycles. The van der Waals surface area contributed by atoms with Crippen LogP contribution in [0.25, 0.3) is 0 Å². The Labute approximate surface area is 145 Å². The zero-order valence-electron chi connectivity index (χ0n) is 13.7. The summed E-state index contributed by atoms with van der Waals surface area (Å²) in [6, 6.07) is 0. The molecule has 122 valence electrons. The SMILES string of the molecule is COC(=O)CC/C(C)=C/Cc1c(O)c(I)c(C)c(C)c1OC. The van der Waals surface area contributed by atoms with Gasteiger partial charge in [-0.15, -0.1) is 0 Å². The molecule has 0 aliphatic heterocycles. The second-order valence-corrected chi connectivity index (χ2v) is 6.33. The summed E-state index contributed by atoms with van der Waals surface area (Å²) in [6.45, 7) is 5.94. The van der Waals surface area contributed by atoms with Gasteiger partial charge in [-0.3, -0.25) is 4.79 Å². The van der Waals surface area contributed by atoms with Crippen LogP contribution in [0.3, 0.4) is 0 Å². The molecule has 0 spiro atoms. The second kappa shape index (κ2) is 8.41. The van der Waals surface area contributed by atoms with Crippen molar-refractivity contribution in [1.29, 1.82) is 0 Å². The van der Waals surface area contributed by atoms with Gasteiger partial charge in [0.2, 0.25) is 0 Å². The Morgan fingerprint density at radius 2 is 1.86 bits per heavy atom. The molecule has 0 aromatic heterocycles. The molecule has 0 saturated heterocycles. The van der Waals surface area contributed by atoms with Gasteiger partial charge in [-0.25, -0.2) is 0 Å². The molecule has 22 heavy (non-hydrogen) atoms. The molecule has 5 heteroatoms. The molecule has 1 rings (SSSR count). The number of carbonyl (C=O) groups excluding carboxylic acids is 1. The lowest BCUT2D eigenvalue weighted by molar-refractivity contribution is -0.140. The van der Waals surface area contributed by atoms with Gasteiger partial charge in [0, 0.05) is 12.0 Å². The van der Waals surface area contributed by atoms with Gasteiger partial charge in [0.05, 0.1) is 17.8 Å². The van der Waals surface area contributed by atoms with E-state index in [9.17, 15) is 9.90 Å². The Hall–Kier alpha value is -1.24. The summed E-state index contributed by atoms with van der Waals surface area (Å²) in [7, 11) is 3.01. The maximum Gasteiger partial charge on any atom is 0.305 e. The number of ether oxygens (including phenoxy) is 2. The summed E-state index contributed by atoms with van der Waals surface area (Å²) < 4.78 is 11.0. The van der Waals surface area contributed by atoms with Crippen LogP contribution < -0.4 is 4.74 Å². The average Bonchev–Trinajstić information content (AvgIpc) is 2.52. The van der Waals surface area contributed by atoms with Gasteiger partial charge in [0.25, 0.3) is 0 Å². The molecular weight excluding hydrogens is 395 g/mol. The lowest BCUT2D eigenvalue weighted by Crippen LogP contribution is -2.01. The van der Waals surface area contributed by atoms with E-state index < -0.39 is 0 Å². The van der Waals surface area contributed by atoms with E-state index in [0.717, 1.165) is 31.6 Å². The van der Waals surface area contributed by atoms with Crippen LogP contribution in [0.1, 0.15) is 36.5 Å². The number of esters is 1. The number of benzene rings is 1. The number of methoxy groups -OCH3 is 2. The van der Waals surface area contributed by atoms with Gasteiger partial charge in [-0.2, -0.15) is 0 Å². The van der Waals surface area contributed by atoms with Gasteiger partial charge in [0.15, 0.2) is 0 Å². The van der Waals surface area contributed by atoms with E-state index in [1.165, 1.54) is 7.11 Å². The number of allylic oxidation sites excluding steroid dienone is 2. The van der Waals surface area contributed by atoms with Crippen molar-refractivity contribution in [3.8, 4) is 11.5 Å². The molecule has 0 radical (unpaired) electrons. The van der Waals surface area contributed by atoms with E-state index in [-0.39, 0.29) is 11.7 Å². The van der Waals surface area contributed by atoms with E-state index in [1.54, 1.807) is 7.11 Å². The predicted molar refractivity (Wildman–Crippen MR) is 95.6 cm³/mol. The van der Waals surface area contributed by atoms with Crippen LogP contribution in [0.5, 0.6) is 11.5 Å². The minimum absolute atomic E-state index is 0.214. The summed E-state index contributed by atoms with van der Waals surface area (Å²) in [5, 5.41) is 10.4. The highest BCUT2D eigenvalue weighted by atomic mass is 127. The maximum absolute atomic E-state index is 11.2. The van der Waals surface area contributed by atoms with Gasteiger partial charge >= 0.3 is 5.97 Å². The third-order valence-electron chi connectivity index (χ3n) is 3.81. The number of hydrogen-bond acceptors (Lipinski definition) is 4. The Morgan fingerprint density at radius 1 is 1.23 bits per heavy atom. The standard InChI is InChI=1S/C17H23IO4/c1-10(7-9-14(19)21-4)6-8-13-16(20)15(18)11(2)12(3)17(13)22-5/h6,20H,7-9H2,1-5H3/b10-6+. The van der Waals surface area contributed by atoms with Gasteiger partial charge < -0.3 is 14.6 Å². The number of hydrogen-bond donors (Lipinski definition) is 1. The van der Waals surface area contributed by atoms with E-state index in [2.05, 4.69) is 27.3 Å². The van der Waals surface area contributed by atoms with Crippen molar-refractivity contribution in [2.45, 2.75) is 40.0 Å². The summed E-state index contributed by atoms with van der Waals surface area (Å²) >= 11 is 2.15. The van der Waals surface area contributed by atoms with Crippen LogP contribution in [0, 0.1) is 17.4 Å². The zero-order valence-corrected chi connectivity index (χ0v) is 15.9. The highest BCUT2D eigenvalue weighted by molar-refractivity contribution is 14.1. The molecule has 4 nitrogen and oxygen atoms in total. The van der Waals surface area contributed by atoms with Crippen LogP contribution in [0.15, 0.2) is 11.6 Å². The van der Waals surface area contributed by atoms with E-state index in [0.29, 0.717) is 19.3 Å². The van der Waals surface area contributed by atoms with Crippen molar-refractivity contribution in [3.05, 3.63) is 31.9 Å². The highest BCUT2D eigenvalue weighted by Gasteiger charge is 2.18. The van der Waals surface area contributed by atoms with Crippen molar-refractivity contribution in [2.24, 2.45) is 0 Å². The average molecular weight is 418 g/mol. The summed E-state index contributed by atoms with van der Waals surface area (Å²) in [4.78, 5) is 11.2. The molecule has 0 bridgehead atoms.